The van der Waals surface area contributed by atoms with Crippen LogP contribution in [0.4, 0.5) is 5.69 Å². The first-order valence-corrected chi connectivity index (χ1v) is 19.4. The van der Waals surface area contributed by atoms with Crippen molar-refractivity contribution in [3.05, 3.63) is 88.0 Å². The predicted octanol–water partition coefficient (Wildman–Crippen LogP) is 6.11. The summed E-state index contributed by atoms with van der Waals surface area (Å²) in [5, 5.41) is 13.1. The maximum atomic E-state index is 13.9. The Morgan fingerprint density at radius 2 is 2.00 bits per heavy atom. The fourth-order valence-corrected chi connectivity index (χ4v) is 10.2. The summed E-state index contributed by atoms with van der Waals surface area (Å²) in [6.45, 7) is 7.73. The number of rotatable bonds is 1. The first-order valence-electron chi connectivity index (χ1n) is 17.2. The minimum Gasteiger partial charge on any atom is -0.490 e. The third-order valence-corrected chi connectivity index (χ3v) is 14.3. The van der Waals surface area contributed by atoms with Gasteiger partial charge in [-0.2, -0.15) is 0 Å². The van der Waals surface area contributed by atoms with Gasteiger partial charge in [0.1, 0.15) is 17.2 Å². The number of halogens is 1. The van der Waals surface area contributed by atoms with E-state index in [2.05, 4.69) is 32.6 Å². The van der Waals surface area contributed by atoms with E-state index in [9.17, 15) is 14.1 Å². The highest BCUT2D eigenvalue weighted by Crippen LogP contribution is 2.51. The number of hydrogen-bond donors (Lipinski definition) is 2. The van der Waals surface area contributed by atoms with Crippen LogP contribution in [-0.4, -0.2) is 55.6 Å². The summed E-state index contributed by atoms with van der Waals surface area (Å²) in [7, 11) is -1.04. The first kappa shape index (κ1) is 33.2. The van der Waals surface area contributed by atoms with E-state index in [1.54, 1.807) is 12.3 Å². The highest BCUT2D eigenvalue weighted by atomic mass is 35.5. The monoisotopic (exact) mass is 690 g/mol. The van der Waals surface area contributed by atoms with Crippen molar-refractivity contribution in [1.29, 1.82) is 0 Å². The first-order chi connectivity index (χ1) is 22.8. The number of nitrogens with zero attached hydrogens (tertiary/aromatic N) is 3. The van der Waals surface area contributed by atoms with Gasteiger partial charge in [-0.15, -0.1) is 0 Å². The summed E-state index contributed by atoms with van der Waals surface area (Å²) >= 11 is 6.47. The number of carbonyl (C=O) groups excluding carboxylic acids is 1. The second-order valence-corrected chi connectivity index (χ2v) is 17.6. The lowest BCUT2D eigenvalue weighted by molar-refractivity contribution is -0.0547. The van der Waals surface area contributed by atoms with Gasteiger partial charge in [-0.05, 0) is 112 Å². The fourth-order valence-electron chi connectivity index (χ4n) is 8.52. The van der Waals surface area contributed by atoms with Crippen molar-refractivity contribution >= 4 is 38.8 Å². The molecule has 7 rings (SSSR count). The average molecular weight is 691 g/mol. The molecule has 2 N–H and O–H groups in total. The Kier molecular flexibility index (Phi) is 8.48. The lowest BCUT2D eigenvalue weighted by Crippen LogP contribution is -2.52. The molecule has 10 heteroatoms. The molecular weight excluding hydrogens is 644 g/mol. The third-order valence-electron chi connectivity index (χ3n) is 11.9. The van der Waals surface area contributed by atoms with Crippen LogP contribution < -0.4 is 14.4 Å². The van der Waals surface area contributed by atoms with Crippen molar-refractivity contribution in [1.82, 2.24) is 14.3 Å². The van der Waals surface area contributed by atoms with Crippen molar-refractivity contribution in [3.63, 3.8) is 0 Å². The molecule has 2 bridgehead atoms. The predicted molar refractivity (Wildman–Crippen MR) is 193 cm³/mol. The summed E-state index contributed by atoms with van der Waals surface area (Å²) < 4.78 is 25.3. The zero-order valence-electron chi connectivity index (χ0n) is 28.4. The van der Waals surface area contributed by atoms with E-state index < -0.39 is 26.5 Å². The quantitative estimate of drug-likeness (QED) is 0.236. The second kappa shape index (κ2) is 12.3. The number of ether oxygens (including phenoxy) is 1. The van der Waals surface area contributed by atoms with Gasteiger partial charge in [0, 0.05) is 47.3 Å². The van der Waals surface area contributed by atoms with Gasteiger partial charge in [-0.25, -0.2) is 9.19 Å². The van der Waals surface area contributed by atoms with E-state index >= 15 is 0 Å². The number of aliphatic hydroxyl groups is 1. The third kappa shape index (κ3) is 5.65. The summed E-state index contributed by atoms with van der Waals surface area (Å²) in [4.78, 5) is 20.6. The Morgan fingerprint density at radius 1 is 1.19 bits per heavy atom. The topological polar surface area (TPSA) is 96.7 Å². The van der Waals surface area contributed by atoms with Gasteiger partial charge in [-0.1, -0.05) is 36.7 Å². The standard InChI is InChI=1S/C38H47ClN4O4S/c1-24-8-6-17-38(45,35-20-40-26(3)42(35)4)32-13-10-29(32)21-43-22-37(16-7-9-27-18-30(39)12-14-31(27)37)23-47-34-15-11-28(19-33(34)43)36(44)41-48(5,46)25(24)2/h6,11-12,14-15,17-20,24-25,29,32,45H,5,7-10,13,16,21-23H2,1-4H3,(H,41,44,46)/b17-6+/t24-,25+,29-,32+,37-,38+,48?/m0/s1. The molecule has 0 radical (unpaired) electrons. The van der Waals surface area contributed by atoms with Crippen LogP contribution in [0.3, 0.4) is 0 Å². The molecule has 1 fully saturated rings. The normalized spacial score (nSPS) is 34.2. The number of imidazole rings is 1. The number of carbonyl (C=O) groups is 1. The highest BCUT2D eigenvalue weighted by molar-refractivity contribution is 7.99. The minimum absolute atomic E-state index is 0.0475. The smallest absolute Gasteiger partial charge is 0.262 e. The van der Waals surface area contributed by atoms with Gasteiger partial charge in [0.15, 0.2) is 0 Å². The number of fused-ring (bicyclic) bond motifs is 4. The molecule has 1 spiro atoms. The number of nitrogens with one attached hydrogen (secondary N) is 1. The average Bonchev–Trinajstić information content (AvgIpc) is 3.29. The van der Waals surface area contributed by atoms with Gasteiger partial charge in [-0.3, -0.25) is 9.52 Å². The minimum atomic E-state index is -3.00. The maximum absolute atomic E-state index is 13.9. The number of allylic oxidation sites excluding steroid dienone is 1. The molecule has 2 aliphatic carbocycles. The van der Waals surface area contributed by atoms with E-state index in [1.807, 2.05) is 62.7 Å². The largest absolute Gasteiger partial charge is 0.490 e. The number of anilines is 1. The lowest BCUT2D eigenvalue weighted by Gasteiger charge is -2.49. The van der Waals surface area contributed by atoms with Gasteiger partial charge < -0.3 is 19.3 Å². The van der Waals surface area contributed by atoms with Crippen LogP contribution >= 0.6 is 11.6 Å². The van der Waals surface area contributed by atoms with Gasteiger partial charge in [0.2, 0.25) is 0 Å². The molecule has 1 saturated carbocycles. The second-order valence-electron chi connectivity index (χ2n) is 14.8. The molecule has 4 aliphatic rings. The zero-order valence-corrected chi connectivity index (χ0v) is 29.9. The summed E-state index contributed by atoms with van der Waals surface area (Å²) in [5.74, 6) is 5.22. The number of hydrogen-bond acceptors (Lipinski definition) is 6. The SMILES string of the molecule is C=S1(=O)NC(=O)c2ccc3c(c2)N(C[C@@H]2CC[C@H]2[C@@](O)(c2cnc(C)n2C)/C=C/C[C@H](C)[C@H]1C)C[C@@]1(CCCc2cc(Cl)ccc21)CO3. The Labute approximate surface area is 289 Å². The lowest BCUT2D eigenvalue weighted by atomic mass is 9.63. The van der Waals surface area contributed by atoms with E-state index in [-0.39, 0.29) is 23.2 Å². The Balaban J connectivity index is 1.36. The molecule has 2 aliphatic heterocycles. The number of aryl methyl sites for hydroxylation is 2. The molecule has 1 unspecified atom stereocenters. The van der Waals surface area contributed by atoms with Crippen molar-refractivity contribution in [3.8, 4) is 5.75 Å². The number of amides is 1. The van der Waals surface area contributed by atoms with E-state index in [4.69, 9.17) is 16.3 Å². The van der Waals surface area contributed by atoms with Crippen molar-refractivity contribution in [2.75, 3.05) is 24.6 Å². The van der Waals surface area contributed by atoms with Crippen LogP contribution in [-0.2, 0) is 34.2 Å². The molecule has 0 saturated heterocycles. The summed E-state index contributed by atoms with van der Waals surface area (Å²) in [6.07, 6.45) is 11.2. The number of benzene rings is 2. The molecule has 2 aromatic carbocycles. The fraction of sp³-hybridized carbons (Fsp3) is 0.500. The van der Waals surface area contributed by atoms with Crippen LogP contribution in [0.1, 0.15) is 79.0 Å². The Bertz CT molecular complexity index is 1890. The van der Waals surface area contributed by atoms with Crippen LogP contribution in [0.2, 0.25) is 5.02 Å². The molecule has 3 aromatic rings. The summed E-state index contributed by atoms with van der Waals surface area (Å²) in [5.41, 5.74) is 3.05. The van der Waals surface area contributed by atoms with E-state index in [1.165, 1.54) is 11.1 Å². The van der Waals surface area contributed by atoms with Gasteiger partial charge in [0.05, 0.1) is 33.9 Å². The molecule has 7 atom stereocenters. The van der Waals surface area contributed by atoms with Crippen molar-refractivity contribution in [2.24, 2.45) is 24.8 Å². The molecule has 8 nitrogen and oxygen atoms in total. The van der Waals surface area contributed by atoms with Crippen molar-refractivity contribution in [2.45, 2.75) is 75.6 Å². The Morgan fingerprint density at radius 3 is 2.73 bits per heavy atom. The zero-order chi connectivity index (χ0) is 34.0. The molecule has 256 valence electrons. The Hall–Kier alpha value is -3.27. The molecule has 3 heterocycles. The van der Waals surface area contributed by atoms with E-state index in [0.29, 0.717) is 31.7 Å². The molecular formula is C38H47ClN4O4S. The van der Waals surface area contributed by atoms with Crippen LogP contribution in [0.5, 0.6) is 5.75 Å². The van der Waals surface area contributed by atoms with E-state index in [0.717, 1.165) is 60.1 Å². The maximum Gasteiger partial charge on any atom is 0.262 e. The number of aromatic nitrogens is 2. The summed E-state index contributed by atoms with van der Waals surface area (Å²) in [6, 6.07) is 11.7. The molecule has 1 amide bonds. The van der Waals surface area contributed by atoms with Crippen molar-refractivity contribution < 1.29 is 18.8 Å². The van der Waals surface area contributed by atoms with Gasteiger partial charge >= 0.3 is 0 Å². The highest BCUT2D eigenvalue weighted by Gasteiger charge is 2.50. The molecule has 1 aromatic heterocycles. The van der Waals surface area contributed by atoms with Gasteiger partial charge in [0.25, 0.3) is 5.91 Å². The molecule has 48 heavy (non-hydrogen) atoms. The van der Waals surface area contributed by atoms with Crippen LogP contribution in [0.15, 0.2) is 54.7 Å². The van der Waals surface area contributed by atoms with Crippen LogP contribution in [0, 0.1) is 24.7 Å². The van der Waals surface area contributed by atoms with Crippen LogP contribution in [0.25, 0.3) is 0 Å².